The zero-order chi connectivity index (χ0) is 19.5. The number of hydrogen-bond donors (Lipinski definition) is 1. The summed E-state index contributed by atoms with van der Waals surface area (Å²) in [7, 11) is 0. The Kier molecular flexibility index (Phi) is 8.90. The third-order valence-corrected chi connectivity index (χ3v) is 4.97. The molecule has 146 valence electrons. The quantitative estimate of drug-likeness (QED) is 0.468. The number of ether oxygens (including phenoxy) is 1. The monoisotopic (exact) mass is 367 g/mol. The van der Waals surface area contributed by atoms with Crippen LogP contribution in [0.25, 0.3) is 0 Å². The van der Waals surface area contributed by atoms with Gasteiger partial charge in [0.05, 0.1) is 0 Å². The van der Waals surface area contributed by atoms with Crippen LogP contribution in [-0.4, -0.2) is 12.1 Å². The Balaban J connectivity index is 2.19. The number of anilines is 1. The lowest BCUT2D eigenvalue weighted by Crippen LogP contribution is -2.31. The van der Waals surface area contributed by atoms with Gasteiger partial charge in [-0.15, -0.1) is 0 Å². The number of carbonyl (C=O) groups excluding carboxylic acids is 1. The van der Waals surface area contributed by atoms with Crippen molar-refractivity contribution < 1.29 is 9.53 Å². The van der Waals surface area contributed by atoms with E-state index in [1.165, 1.54) is 0 Å². The van der Waals surface area contributed by atoms with Gasteiger partial charge in [-0.2, -0.15) is 0 Å². The van der Waals surface area contributed by atoms with Crippen molar-refractivity contribution in [2.75, 3.05) is 5.32 Å². The van der Waals surface area contributed by atoms with E-state index in [9.17, 15) is 4.79 Å². The van der Waals surface area contributed by atoms with E-state index in [1.54, 1.807) is 0 Å². The van der Waals surface area contributed by atoms with E-state index in [-0.39, 0.29) is 12.1 Å². The van der Waals surface area contributed by atoms with Crippen LogP contribution in [-0.2, 0) is 9.53 Å². The molecule has 0 aliphatic rings. The van der Waals surface area contributed by atoms with Crippen LogP contribution in [0.15, 0.2) is 60.7 Å². The first kappa shape index (κ1) is 21.0. The molecule has 0 spiro atoms. The molecule has 0 amide bonds. The van der Waals surface area contributed by atoms with Crippen molar-refractivity contribution in [1.29, 1.82) is 0 Å². The molecule has 0 saturated carbocycles. The zero-order valence-electron chi connectivity index (χ0n) is 16.9. The number of esters is 1. The largest absolute Gasteiger partial charge is 0.460 e. The number of hydrogen-bond acceptors (Lipinski definition) is 3. The highest BCUT2D eigenvalue weighted by atomic mass is 16.5. The van der Waals surface area contributed by atoms with Crippen LogP contribution in [0.4, 0.5) is 5.69 Å². The number of benzene rings is 2. The maximum absolute atomic E-state index is 13.1. The molecule has 2 rings (SSSR count). The predicted octanol–water partition coefficient (Wildman–Crippen LogP) is 6.38. The average molecular weight is 368 g/mol. The molecule has 3 nitrogen and oxygen atoms in total. The van der Waals surface area contributed by atoms with Gasteiger partial charge in [-0.05, 0) is 42.9 Å². The lowest BCUT2D eigenvalue weighted by Gasteiger charge is -2.28. The van der Waals surface area contributed by atoms with E-state index in [0.717, 1.165) is 43.4 Å². The summed E-state index contributed by atoms with van der Waals surface area (Å²) in [6, 6.07) is 19.1. The van der Waals surface area contributed by atoms with Crippen LogP contribution in [0.1, 0.15) is 64.5 Å². The average Bonchev–Trinajstić information content (AvgIpc) is 2.71. The van der Waals surface area contributed by atoms with Crippen LogP contribution < -0.4 is 5.32 Å². The zero-order valence-corrected chi connectivity index (χ0v) is 16.9. The third-order valence-electron chi connectivity index (χ3n) is 4.97. The predicted molar refractivity (Wildman–Crippen MR) is 113 cm³/mol. The molecule has 0 aliphatic heterocycles. The molecule has 0 bridgehead atoms. The highest BCUT2D eigenvalue weighted by Gasteiger charge is 2.28. The minimum absolute atomic E-state index is 0.0267. The van der Waals surface area contributed by atoms with Gasteiger partial charge in [-0.3, -0.25) is 0 Å². The molecule has 1 unspecified atom stereocenters. The van der Waals surface area contributed by atoms with Crippen LogP contribution in [0, 0.1) is 5.92 Å². The van der Waals surface area contributed by atoms with Gasteiger partial charge in [0.25, 0.3) is 0 Å². The van der Waals surface area contributed by atoms with E-state index in [0.29, 0.717) is 5.92 Å². The molecule has 0 fully saturated rings. The fraction of sp³-hybridized carbons (Fsp3) is 0.458. The van der Waals surface area contributed by atoms with E-state index in [2.05, 4.69) is 26.1 Å². The first-order chi connectivity index (χ1) is 13.2. The number of para-hydroxylation sites is 1. The standard InChI is InChI=1S/C24H33NO2/c1-4-13-19(14-5-2)22(6-3)27-24(26)23(20-15-9-7-10-16-20)25-21-17-11-8-12-18-21/h7-12,15-19,22-23,25H,4-6,13-14H2,1-3H3/t22-,23?/m0/s1. The molecule has 0 saturated heterocycles. The Hall–Kier alpha value is -2.29. The molecule has 0 radical (unpaired) electrons. The topological polar surface area (TPSA) is 38.3 Å². The summed E-state index contributed by atoms with van der Waals surface area (Å²) < 4.78 is 6.05. The lowest BCUT2D eigenvalue weighted by atomic mass is 9.91. The van der Waals surface area contributed by atoms with Crippen molar-refractivity contribution in [2.45, 2.75) is 65.0 Å². The van der Waals surface area contributed by atoms with Crippen LogP contribution in [0.3, 0.4) is 0 Å². The molecule has 0 aliphatic carbocycles. The summed E-state index contributed by atoms with van der Waals surface area (Å²) in [6.45, 7) is 6.50. The summed E-state index contributed by atoms with van der Waals surface area (Å²) in [5.41, 5.74) is 1.83. The maximum Gasteiger partial charge on any atom is 0.333 e. The van der Waals surface area contributed by atoms with E-state index in [4.69, 9.17) is 4.74 Å². The van der Waals surface area contributed by atoms with Gasteiger partial charge in [0.1, 0.15) is 6.10 Å². The van der Waals surface area contributed by atoms with E-state index >= 15 is 0 Å². The number of rotatable bonds is 11. The highest BCUT2D eigenvalue weighted by Crippen LogP contribution is 2.27. The maximum atomic E-state index is 13.1. The molecular weight excluding hydrogens is 334 g/mol. The molecule has 2 aromatic carbocycles. The minimum atomic E-state index is -0.508. The second-order valence-electron chi connectivity index (χ2n) is 7.08. The fourth-order valence-electron chi connectivity index (χ4n) is 3.61. The summed E-state index contributed by atoms with van der Waals surface area (Å²) in [5, 5.41) is 3.35. The van der Waals surface area contributed by atoms with Gasteiger partial charge in [-0.1, -0.05) is 82.1 Å². The molecule has 0 aromatic heterocycles. The van der Waals surface area contributed by atoms with Crippen molar-refractivity contribution in [2.24, 2.45) is 5.92 Å². The normalized spacial score (nSPS) is 13.2. The fourth-order valence-corrected chi connectivity index (χ4v) is 3.61. The van der Waals surface area contributed by atoms with Gasteiger partial charge in [0, 0.05) is 5.69 Å². The van der Waals surface area contributed by atoms with Crippen LogP contribution in [0.2, 0.25) is 0 Å². The van der Waals surface area contributed by atoms with Crippen molar-refractivity contribution in [3.8, 4) is 0 Å². The molecule has 2 atom stereocenters. The molecule has 0 heterocycles. The van der Waals surface area contributed by atoms with Crippen LogP contribution >= 0.6 is 0 Å². The number of carbonyl (C=O) groups is 1. The Morgan fingerprint density at radius 2 is 1.44 bits per heavy atom. The van der Waals surface area contributed by atoms with Gasteiger partial charge < -0.3 is 10.1 Å². The first-order valence-corrected chi connectivity index (χ1v) is 10.3. The Morgan fingerprint density at radius 3 is 1.96 bits per heavy atom. The van der Waals surface area contributed by atoms with Crippen molar-refractivity contribution >= 4 is 11.7 Å². The Morgan fingerprint density at radius 1 is 0.889 bits per heavy atom. The molecule has 3 heteroatoms. The smallest absolute Gasteiger partial charge is 0.333 e. The number of nitrogens with one attached hydrogen (secondary N) is 1. The van der Waals surface area contributed by atoms with Crippen LogP contribution in [0.5, 0.6) is 0 Å². The molecular formula is C24H33NO2. The summed E-state index contributed by atoms with van der Waals surface area (Å²) >= 11 is 0. The first-order valence-electron chi connectivity index (χ1n) is 10.3. The van der Waals surface area contributed by atoms with Gasteiger partial charge >= 0.3 is 5.97 Å². The van der Waals surface area contributed by atoms with Crippen molar-refractivity contribution in [3.63, 3.8) is 0 Å². The van der Waals surface area contributed by atoms with E-state index in [1.807, 2.05) is 60.7 Å². The van der Waals surface area contributed by atoms with Gasteiger partial charge in [0.15, 0.2) is 6.04 Å². The van der Waals surface area contributed by atoms with E-state index < -0.39 is 6.04 Å². The van der Waals surface area contributed by atoms with Crippen molar-refractivity contribution in [1.82, 2.24) is 0 Å². The SMILES string of the molecule is CCCC(CCC)[C@H](CC)OC(=O)C(Nc1ccccc1)c1ccccc1. The Labute approximate surface area is 164 Å². The molecule has 1 N–H and O–H groups in total. The summed E-state index contributed by atoms with van der Waals surface area (Å²) in [4.78, 5) is 13.1. The second-order valence-corrected chi connectivity index (χ2v) is 7.08. The second kappa shape index (κ2) is 11.4. The molecule has 2 aromatic rings. The summed E-state index contributed by atoms with van der Waals surface area (Å²) in [6.07, 6.45) is 5.25. The van der Waals surface area contributed by atoms with Gasteiger partial charge in [-0.25, -0.2) is 4.79 Å². The van der Waals surface area contributed by atoms with Crippen molar-refractivity contribution in [3.05, 3.63) is 66.2 Å². The summed E-state index contributed by atoms with van der Waals surface area (Å²) in [5.74, 6) is 0.233. The van der Waals surface area contributed by atoms with Gasteiger partial charge in [0.2, 0.25) is 0 Å². The third kappa shape index (κ3) is 6.42. The minimum Gasteiger partial charge on any atom is -0.460 e. The lowest BCUT2D eigenvalue weighted by molar-refractivity contribution is -0.153. The highest BCUT2D eigenvalue weighted by molar-refractivity contribution is 5.81. The molecule has 27 heavy (non-hydrogen) atoms. The Bertz CT molecular complexity index is 651.